The lowest BCUT2D eigenvalue weighted by molar-refractivity contribution is -0.115. The Bertz CT molecular complexity index is 962. The number of benzene rings is 1. The van der Waals surface area contributed by atoms with Crippen LogP contribution in [0.5, 0.6) is 0 Å². The van der Waals surface area contributed by atoms with Gasteiger partial charge in [0.05, 0.1) is 17.4 Å². The third-order valence-corrected chi connectivity index (χ3v) is 6.97. The summed E-state index contributed by atoms with van der Waals surface area (Å²) in [5.41, 5.74) is 3.01. The van der Waals surface area contributed by atoms with Gasteiger partial charge >= 0.3 is 0 Å². The van der Waals surface area contributed by atoms with Gasteiger partial charge in [-0.3, -0.25) is 9.69 Å². The van der Waals surface area contributed by atoms with Gasteiger partial charge in [0.15, 0.2) is 5.13 Å². The SMILES string of the molecule is CCc1ccc(N(C(C)=O)c2nc(CSc3nnnn3C3CCCC3)cs2)cc1. The summed E-state index contributed by atoms with van der Waals surface area (Å²) in [6.07, 6.45) is 5.74. The van der Waals surface area contributed by atoms with E-state index in [2.05, 4.69) is 34.6 Å². The number of thiazole rings is 1. The van der Waals surface area contributed by atoms with Crippen LogP contribution in [0.1, 0.15) is 56.8 Å². The Morgan fingerprint density at radius 2 is 2.03 bits per heavy atom. The zero-order valence-electron chi connectivity index (χ0n) is 16.6. The van der Waals surface area contributed by atoms with Gasteiger partial charge in [-0.15, -0.1) is 16.4 Å². The highest BCUT2D eigenvalue weighted by molar-refractivity contribution is 7.98. The average Bonchev–Trinajstić information content (AvgIpc) is 3.48. The van der Waals surface area contributed by atoms with Gasteiger partial charge in [0, 0.05) is 18.1 Å². The average molecular weight is 429 g/mol. The summed E-state index contributed by atoms with van der Waals surface area (Å²) in [7, 11) is 0. The van der Waals surface area contributed by atoms with Crippen LogP contribution in [0.15, 0.2) is 34.8 Å². The number of carbonyl (C=O) groups excluding carboxylic acids is 1. The largest absolute Gasteiger partial charge is 0.274 e. The molecule has 0 spiro atoms. The Hall–Kier alpha value is -2.26. The second-order valence-electron chi connectivity index (χ2n) is 7.13. The number of amides is 1. The summed E-state index contributed by atoms with van der Waals surface area (Å²) in [6, 6.07) is 8.48. The summed E-state index contributed by atoms with van der Waals surface area (Å²) >= 11 is 3.08. The topological polar surface area (TPSA) is 76.8 Å². The normalized spacial score (nSPS) is 14.4. The van der Waals surface area contributed by atoms with Crippen molar-refractivity contribution in [3.8, 4) is 0 Å². The molecule has 1 fully saturated rings. The van der Waals surface area contributed by atoms with Crippen molar-refractivity contribution in [3.05, 3.63) is 40.9 Å². The lowest BCUT2D eigenvalue weighted by Crippen LogP contribution is -2.22. The van der Waals surface area contributed by atoms with Gasteiger partial charge in [0.25, 0.3) is 0 Å². The van der Waals surface area contributed by atoms with Crippen LogP contribution < -0.4 is 4.90 Å². The van der Waals surface area contributed by atoms with E-state index in [0.717, 1.165) is 35.8 Å². The summed E-state index contributed by atoms with van der Waals surface area (Å²) in [5.74, 6) is 0.623. The van der Waals surface area contributed by atoms with Crippen LogP contribution >= 0.6 is 23.1 Å². The number of hydrogen-bond donors (Lipinski definition) is 0. The lowest BCUT2D eigenvalue weighted by atomic mass is 10.1. The molecular weight excluding hydrogens is 404 g/mol. The standard InChI is InChI=1S/C20H24N6OS2/c1-3-15-8-10-17(11-9-15)25(14(2)27)19-21-16(12-28-19)13-29-20-22-23-24-26(20)18-6-4-5-7-18/h8-12,18H,3-7,13H2,1-2H3. The predicted molar refractivity (Wildman–Crippen MR) is 116 cm³/mol. The van der Waals surface area contributed by atoms with Gasteiger partial charge in [0.1, 0.15) is 0 Å². The number of rotatable bonds is 7. The molecule has 152 valence electrons. The van der Waals surface area contributed by atoms with E-state index in [-0.39, 0.29) is 5.91 Å². The van der Waals surface area contributed by atoms with Crippen molar-refractivity contribution in [1.82, 2.24) is 25.2 Å². The summed E-state index contributed by atoms with van der Waals surface area (Å²) < 4.78 is 1.96. The third kappa shape index (κ3) is 4.51. The monoisotopic (exact) mass is 428 g/mol. The number of aryl methyl sites for hydroxylation is 1. The minimum absolute atomic E-state index is 0.0482. The molecule has 1 aromatic carbocycles. The van der Waals surface area contributed by atoms with Crippen molar-refractivity contribution in [2.75, 3.05) is 4.90 Å². The molecule has 0 saturated heterocycles. The zero-order valence-corrected chi connectivity index (χ0v) is 18.2. The van der Waals surface area contributed by atoms with Crippen LogP contribution in [-0.2, 0) is 17.0 Å². The molecule has 1 amide bonds. The van der Waals surface area contributed by atoms with Crippen LogP contribution in [0, 0.1) is 0 Å². The predicted octanol–water partition coefficient (Wildman–Crippen LogP) is 4.78. The Morgan fingerprint density at radius 1 is 1.28 bits per heavy atom. The molecule has 1 aliphatic carbocycles. The van der Waals surface area contributed by atoms with E-state index in [4.69, 9.17) is 4.98 Å². The molecule has 2 heterocycles. The molecule has 0 aliphatic heterocycles. The molecule has 1 aliphatic rings. The van der Waals surface area contributed by atoms with Crippen molar-refractivity contribution in [3.63, 3.8) is 0 Å². The summed E-state index contributed by atoms with van der Waals surface area (Å²) in [4.78, 5) is 18.7. The van der Waals surface area contributed by atoms with E-state index in [1.165, 1.54) is 29.7 Å². The highest BCUT2D eigenvalue weighted by atomic mass is 32.2. The quantitative estimate of drug-likeness (QED) is 0.504. The van der Waals surface area contributed by atoms with Gasteiger partial charge < -0.3 is 0 Å². The molecule has 0 N–H and O–H groups in total. The first-order valence-electron chi connectivity index (χ1n) is 9.90. The molecule has 29 heavy (non-hydrogen) atoms. The Labute approximate surface area is 178 Å². The summed E-state index contributed by atoms with van der Waals surface area (Å²) in [6.45, 7) is 3.69. The number of tetrazole rings is 1. The van der Waals surface area contributed by atoms with E-state index in [9.17, 15) is 4.79 Å². The minimum Gasteiger partial charge on any atom is -0.274 e. The first kappa shape index (κ1) is 20.0. The maximum Gasteiger partial charge on any atom is 0.230 e. The van der Waals surface area contributed by atoms with Gasteiger partial charge in [-0.1, -0.05) is 43.7 Å². The van der Waals surface area contributed by atoms with Gasteiger partial charge in [0.2, 0.25) is 11.1 Å². The smallest absolute Gasteiger partial charge is 0.230 e. The molecule has 3 aromatic rings. The van der Waals surface area contributed by atoms with Crippen molar-refractivity contribution >= 4 is 39.8 Å². The highest BCUT2D eigenvalue weighted by Gasteiger charge is 2.22. The van der Waals surface area contributed by atoms with Crippen molar-refractivity contribution < 1.29 is 4.79 Å². The maximum absolute atomic E-state index is 12.3. The molecular formula is C20H24N6OS2. The number of aromatic nitrogens is 5. The van der Waals surface area contributed by atoms with Gasteiger partial charge in [-0.25, -0.2) is 9.67 Å². The van der Waals surface area contributed by atoms with Crippen LogP contribution in [0.2, 0.25) is 0 Å². The Morgan fingerprint density at radius 3 is 2.72 bits per heavy atom. The van der Waals surface area contributed by atoms with Crippen molar-refractivity contribution in [1.29, 1.82) is 0 Å². The fourth-order valence-corrected chi connectivity index (χ4v) is 5.40. The molecule has 0 bridgehead atoms. The number of anilines is 2. The lowest BCUT2D eigenvalue weighted by Gasteiger charge is -2.18. The van der Waals surface area contributed by atoms with E-state index >= 15 is 0 Å². The third-order valence-electron chi connectivity index (χ3n) is 5.13. The van der Waals surface area contributed by atoms with Crippen LogP contribution in [0.3, 0.4) is 0 Å². The fraction of sp³-hybridized carbons (Fsp3) is 0.450. The van der Waals surface area contributed by atoms with Crippen molar-refractivity contribution in [2.24, 2.45) is 0 Å². The molecule has 7 nitrogen and oxygen atoms in total. The first-order valence-corrected chi connectivity index (χ1v) is 11.8. The van der Waals surface area contributed by atoms with Crippen LogP contribution in [-0.4, -0.2) is 31.1 Å². The second kappa shape index (κ2) is 9.04. The molecule has 0 unspecified atom stereocenters. The maximum atomic E-state index is 12.3. The van der Waals surface area contributed by atoms with Crippen LogP contribution in [0.4, 0.5) is 10.8 Å². The molecule has 4 rings (SSSR count). The fourth-order valence-electron chi connectivity index (χ4n) is 3.57. The number of carbonyl (C=O) groups is 1. The Balaban J connectivity index is 1.47. The van der Waals surface area contributed by atoms with Gasteiger partial charge in [-0.05, 0) is 47.4 Å². The highest BCUT2D eigenvalue weighted by Crippen LogP contribution is 2.34. The molecule has 9 heteroatoms. The number of nitrogens with zero attached hydrogens (tertiary/aromatic N) is 6. The molecule has 0 radical (unpaired) electrons. The molecule has 2 aromatic heterocycles. The molecule has 1 saturated carbocycles. The Kier molecular flexibility index (Phi) is 6.25. The summed E-state index contributed by atoms with van der Waals surface area (Å²) in [5, 5.41) is 15.8. The van der Waals surface area contributed by atoms with Gasteiger partial charge in [-0.2, -0.15) is 0 Å². The van der Waals surface area contributed by atoms with E-state index in [1.54, 1.807) is 23.6 Å². The van der Waals surface area contributed by atoms with Crippen LogP contribution in [0.25, 0.3) is 0 Å². The van der Waals surface area contributed by atoms with E-state index in [0.29, 0.717) is 16.9 Å². The zero-order chi connectivity index (χ0) is 20.2. The second-order valence-corrected chi connectivity index (χ2v) is 8.91. The first-order chi connectivity index (χ1) is 14.2. The van der Waals surface area contributed by atoms with E-state index in [1.807, 2.05) is 22.2 Å². The van der Waals surface area contributed by atoms with Crippen molar-refractivity contribution in [2.45, 2.75) is 62.9 Å². The molecule has 0 atom stereocenters. The minimum atomic E-state index is -0.0482. The number of thioether (sulfide) groups is 1. The number of hydrogen-bond acceptors (Lipinski definition) is 7. The van der Waals surface area contributed by atoms with E-state index < -0.39 is 0 Å².